The Morgan fingerprint density at radius 2 is 1.61 bits per heavy atom. The second-order valence-electron chi connectivity index (χ2n) is 10.4. The van der Waals surface area contributed by atoms with Crippen molar-refractivity contribution in [3.8, 4) is 0 Å². The lowest BCUT2D eigenvalue weighted by Crippen LogP contribution is -2.50. The minimum absolute atomic E-state index is 0.0641. The molecule has 3 rings (SSSR count). The van der Waals surface area contributed by atoms with Gasteiger partial charge in [-0.25, -0.2) is 12.8 Å². The normalized spacial score (nSPS) is 12.4. The Labute approximate surface area is 255 Å². The number of amides is 2. The number of anilines is 1. The number of halogens is 4. The third kappa shape index (κ3) is 10.1. The van der Waals surface area contributed by atoms with Crippen LogP contribution in [-0.2, 0) is 38.8 Å². The van der Waals surface area contributed by atoms with Crippen LogP contribution in [0, 0.1) is 5.82 Å². The van der Waals surface area contributed by atoms with E-state index in [2.05, 4.69) is 5.32 Å². The molecule has 2 amide bonds. The summed E-state index contributed by atoms with van der Waals surface area (Å²) in [5, 5.41) is 2.87. The Hall–Kier alpha value is -3.93. The van der Waals surface area contributed by atoms with E-state index >= 15 is 0 Å². The number of sulfonamides is 1. The van der Waals surface area contributed by atoms with Crippen molar-refractivity contribution in [2.45, 2.75) is 57.8 Å². The van der Waals surface area contributed by atoms with Gasteiger partial charge in [-0.2, -0.15) is 13.2 Å². The van der Waals surface area contributed by atoms with Gasteiger partial charge in [-0.05, 0) is 42.7 Å². The summed E-state index contributed by atoms with van der Waals surface area (Å²) in [6, 6.07) is 17.9. The molecule has 0 fully saturated rings. The molecule has 12 heteroatoms. The molecule has 0 saturated heterocycles. The predicted octanol–water partition coefficient (Wildman–Crippen LogP) is 5.95. The van der Waals surface area contributed by atoms with Gasteiger partial charge in [0.2, 0.25) is 21.8 Å². The Morgan fingerprint density at radius 3 is 2.25 bits per heavy atom. The molecule has 1 unspecified atom stereocenters. The zero-order valence-corrected chi connectivity index (χ0v) is 25.5. The lowest BCUT2D eigenvalue weighted by atomic mass is 10.0. The molecule has 0 aromatic heterocycles. The number of nitrogens with zero attached hydrogens (tertiary/aromatic N) is 2. The lowest BCUT2D eigenvalue weighted by Gasteiger charge is -2.32. The van der Waals surface area contributed by atoms with E-state index in [0.717, 1.165) is 47.2 Å². The van der Waals surface area contributed by atoms with Crippen molar-refractivity contribution in [1.82, 2.24) is 10.2 Å². The maximum Gasteiger partial charge on any atom is 0.416 e. The third-order valence-corrected chi connectivity index (χ3v) is 8.21. The summed E-state index contributed by atoms with van der Waals surface area (Å²) >= 11 is 0. The van der Waals surface area contributed by atoms with E-state index in [1.54, 1.807) is 18.2 Å². The molecule has 0 aliphatic heterocycles. The molecule has 0 aliphatic carbocycles. The molecule has 1 atom stereocenters. The molecule has 3 aromatic rings. The Morgan fingerprint density at radius 1 is 0.932 bits per heavy atom. The highest BCUT2D eigenvalue weighted by molar-refractivity contribution is 7.92. The minimum Gasteiger partial charge on any atom is -0.354 e. The van der Waals surface area contributed by atoms with Crippen LogP contribution in [0.4, 0.5) is 23.2 Å². The molecule has 44 heavy (non-hydrogen) atoms. The van der Waals surface area contributed by atoms with E-state index in [1.807, 2.05) is 25.1 Å². The zero-order chi connectivity index (χ0) is 32.3. The number of nitrogens with one attached hydrogen (secondary N) is 1. The zero-order valence-electron chi connectivity index (χ0n) is 24.7. The standard InChI is InChI=1S/C32H37F4N3O4S/c1-3-4-19-37-31(41)29(21-24-12-6-5-7-13-24)38(23-25-14-8-9-17-28(25)33)30(40)18-11-20-39(44(2,42)43)27-16-10-15-26(22-27)32(34,35)36/h5-10,12-17,22,29H,3-4,11,18-21,23H2,1-2H3,(H,37,41). The summed E-state index contributed by atoms with van der Waals surface area (Å²) in [6.07, 6.45) is -2.40. The fourth-order valence-electron chi connectivity index (χ4n) is 4.71. The number of hydrogen-bond donors (Lipinski definition) is 1. The van der Waals surface area contributed by atoms with E-state index in [-0.39, 0.29) is 43.6 Å². The van der Waals surface area contributed by atoms with Gasteiger partial charge in [0.25, 0.3) is 0 Å². The Bertz CT molecular complexity index is 1500. The molecule has 0 heterocycles. The molecular weight excluding hydrogens is 598 g/mol. The second-order valence-corrected chi connectivity index (χ2v) is 12.4. The van der Waals surface area contributed by atoms with Crippen molar-refractivity contribution in [1.29, 1.82) is 0 Å². The van der Waals surface area contributed by atoms with Gasteiger partial charge in [0.15, 0.2) is 0 Å². The minimum atomic E-state index is -4.67. The summed E-state index contributed by atoms with van der Waals surface area (Å²) in [4.78, 5) is 28.6. The highest BCUT2D eigenvalue weighted by Crippen LogP contribution is 2.32. The van der Waals surface area contributed by atoms with E-state index in [0.29, 0.717) is 6.54 Å². The van der Waals surface area contributed by atoms with Crippen LogP contribution in [0.1, 0.15) is 49.3 Å². The molecule has 0 saturated carbocycles. The smallest absolute Gasteiger partial charge is 0.354 e. The fourth-order valence-corrected chi connectivity index (χ4v) is 5.67. The number of rotatable bonds is 15. The van der Waals surface area contributed by atoms with Gasteiger partial charge in [-0.3, -0.25) is 13.9 Å². The van der Waals surface area contributed by atoms with Crippen molar-refractivity contribution < 1.29 is 35.6 Å². The first kappa shape index (κ1) is 34.6. The highest BCUT2D eigenvalue weighted by Gasteiger charge is 2.33. The molecule has 0 spiro atoms. The van der Waals surface area contributed by atoms with Gasteiger partial charge in [0, 0.05) is 38.0 Å². The molecule has 0 aliphatic rings. The first-order valence-corrected chi connectivity index (χ1v) is 16.2. The van der Waals surface area contributed by atoms with Crippen molar-refractivity contribution >= 4 is 27.5 Å². The maximum absolute atomic E-state index is 14.8. The Balaban J connectivity index is 1.89. The quantitative estimate of drug-likeness (QED) is 0.165. The van der Waals surface area contributed by atoms with E-state index in [4.69, 9.17) is 0 Å². The molecule has 1 N–H and O–H groups in total. The lowest BCUT2D eigenvalue weighted by molar-refractivity contribution is -0.141. The van der Waals surface area contributed by atoms with Crippen LogP contribution in [0.2, 0.25) is 0 Å². The summed E-state index contributed by atoms with van der Waals surface area (Å²) < 4.78 is 80.6. The van der Waals surface area contributed by atoms with Gasteiger partial charge < -0.3 is 10.2 Å². The summed E-state index contributed by atoms with van der Waals surface area (Å²) in [5.41, 5.74) is -0.215. The predicted molar refractivity (Wildman–Crippen MR) is 162 cm³/mol. The molecule has 7 nitrogen and oxygen atoms in total. The van der Waals surface area contributed by atoms with Crippen LogP contribution in [0.3, 0.4) is 0 Å². The van der Waals surface area contributed by atoms with Crippen LogP contribution in [-0.4, -0.2) is 50.5 Å². The first-order valence-electron chi connectivity index (χ1n) is 14.3. The number of hydrogen-bond acceptors (Lipinski definition) is 4. The van der Waals surface area contributed by atoms with E-state index < -0.39 is 45.4 Å². The van der Waals surface area contributed by atoms with Crippen LogP contribution in [0.5, 0.6) is 0 Å². The SMILES string of the molecule is CCCCNC(=O)C(Cc1ccccc1)N(Cc1ccccc1F)C(=O)CCCN(c1cccc(C(F)(F)F)c1)S(C)(=O)=O. The van der Waals surface area contributed by atoms with Crippen molar-refractivity contribution in [3.63, 3.8) is 0 Å². The van der Waals surface area contributed by atoms with Crippen LogP contribution in [0.25, 0.3) is 0 Å². The van der Waals surface area contributed by atoms with E-state index in [1.165, 1.54) is 29.2 Å². The number of benzene rings is 3. The largest absolute Gasteiger partial charge is 0.416 e. The Kier molecular flexibility index (Phi) is 12.3. The van der Waals surface area contributed by atoms with Crippen molar-refractivity contribution in [3.05, 3.63) is 101 Å². The van der Waals surface area contributed by atoms with Crippen LogP contribution < -0.4 is 9.62 Å². The average Bonchev–Trinajstić information content (AvgIpc) is 2.97. The van der Waals surface area contributed by atoms with Crippen LogP contribution in [0.15, 0.2) is 78.9 Å². The summed E-state index contributed by atoms with van der Waals surface area (Å²) in [5.74, 6) is -1.49. The molecule has 238 valence electrons. The molecular formula is C32H37F4N3O4S. The van der Waals surface area contributed by atoms with Gasteiger partial charge in [0.05, 0.1) is 17.5 Å². The average molecular weight is 636 g/mol. The maximum atomic E-state index is 14.8. The first-order chi connectivity index (χ1) is 20.8. The van der Waals surface area contributed by atoms with Crippen LogP contribution >= 0.6 is 0 Å². The third-order valence-electron chi connectivity index (χ3n) is 7.01. The molecule has 0 radical (unpaired) electrons. The topological polar surface area (TPSA) is 86.8 Å². The number of unbranched alkanes of at least 4 members (excludes halogenated alkanes) is 1. The van der Waals surface area contributed by atoms with Gasteiger partial charge >= 0.3 is 6.18 Å². The highest BCUT2D eigenvalue weighted by atomic mass is 32.2. The van der Waals surface area contributed by atoms with E-state index in [9.17, 15) is 35.6 Å². The van der Waals surface area contributed by atoms with Gasteiger partial charge in [-0.1, -0.05) is 67.9 Å². The second kappa shape index (κ2) is 15.7. The number of carbonyl (C=O) groups excluding carboxylic acids is 2. The summed E-state index contributed by atoms with van der Waals surface area (Å²) in [6.45, 7) is 1.86. The number of carbonyl (C=O) groups is 2. The fraction of sp³-hybridized carbons (Fsp3) is 0.375. The molecule has 3 aromatic carbocycles. The summed E-state index contributed by atoms with van der Waals surface area (Å²) in [7, 11) is -4.01. The number of alkyl halides is 3. The van der Waals surface area contributed by atoms with Gasteiger partial charge in [-0.15, -0.1) is 0 Å². The van der Waals surface area contributed by atoms with Gasteiger partial charge in [0.1, 0.15) is 11.9 Å². The van der Waals surface area contributed by atoms with Crippen molar-refractivity contribution in [2.24, 2.45) is 0 Å². The van der Waals surface area contributed by atoms with Crippen molar-refractivity contribution in [2.75, 3.05) is 23.7 Å². The monoisotopic (exact) mass is 635 g/mol. The molecule has 0 bridgehead atoms.